The Morgan fingerprint density at radius 2 is 1.93 bits per heavy atom. The molecular weight excluding hydrogens is 191 g/mol. The van der Waals surface area contributed by atoms with Crippen molar-refractivity contribution in [3.05, 3.63) is 35.1 Å². The highest BCUT2D eigenvalue weighted by molar-refractivity contribution is 5.24. The Hall–Kier alpha value is -1.47. The minimum Gasteiger partial charge on any atom is -0.323 e. The molecule has 1 aromatic rings. The molecule has 0 saturated carbocycles. The zero-order valence-electron chi connectivity index (χ0n) is 7.23. The monoisotopic (exact) mass is 199 g/mol. The highest BCUT2D eigenvalue weighted by atomic mass is 19.2. The van der Waals surface area contributed by atoms with E-state index in [9.17, 15) is 13.2 Å². The lowest BCUT2D eigenvalue weighted by Gasteiger charge is -2.10. The number of nitrogens with two attached hydrogens (primary N) is 1. The molecule has 2 N–H and O–H groups in total. The third kappa shape index (κ3) is 1.88. The summed E-state index contributed by atoms with van der Waals surface area (Å²) in [6.45, 7) is 0. The maximum atomic E-state index is 13.1. The highest BCUT2D eigenvalue weighted by Gasteiger charge is 2.17. The van der Waals surface area contributed by atoms with Gasteiger partial charge < -0.3 is 5.73 Å². The van der Waals surface area contributed by atoms with Gasteiger partial charge in [-0.1, -0.05) is 6.07 Å². The predicted octanol–water partition coefficient (Wildman–Crippen LogP) is 2.13. The van der Waals surface area contributed by atoms with Gasteiger partial charge in [0.15, 0.2) is 17.5 Å². The number of rotatable bonds is 2. The molecule has 1 nitrogen and oxygen atoms in total. The molecule has 1 atom stereocenters. The standard InChI is InChI=1S/C10H8F3N/c1-2-3-8(14)6-4-5-7(11)10(13)9(6)12/h1,4-5,8H,3,14H2. The SMILES string of the molecule is C#CCC(N)c1ccc(F)c(F)c1F. The maximum Gasteiger partial charge on any atom is 0.194 e. The molecule has 0 fully saturated rings. The van der Waals surface area contributed by atoms with Gasteiger partial charge in [0.1, 0.15) is 0 Å². The lowest BCUT2D eigenvalue weighted by Crippen LogP contribution is -2.12. The molecule has 0 radical (unpaired) electrons. The molecule has 1 aromatic carbocycles. The van der Waals surface area contributed by atoms with Crippen molar-refractivity contribution >= 4 is 0 Å². The molecule has 14 heavy (non-hydrogen) atoms. The van der Waals surface area contributed by atoms with Crippen molar-refractivity contribution in [2.45, 2.75) is 12.5 Å². The molecule has 74 valence electrons. The summed E-state index contributed by atoms with van der Waals surface area (Å²) in [7, 11) is 0. The van der Waals surface area contributed by atoms with Gasteiger partial charge in [0, 0.05) is 18.0 Å². The van der Waals surface area contributed by atoms with E-state index in [1.54, 1.807) is 0 Å². The summed E-state index contributed by atoms with van der Waals surface area (Å²) in [4.78, 5) is 0. The van der Waals surface area contributed by atoms with E-state index in [0.717, 1.165) is 12.1 Å². The van der Waals surface area contributed by atoms with Crippen LogP contribution in [0.25, 0.3) is 0 Å². The molecule has 4 heteroatoms. The first-order valence-electron chi connectivity index (χ1n) is 3.90. The largest absolute Gasteiger partial charge is 0.323 e. The van der Waals surface area contributed by atoms with Crippen molar-refractivity contribution < 1.29 is 13.2 Å². The Morgan fingerprint density at radius 1 is 1.29 bits per heavy atom. The molecule has 0 spiro atoms. The first-order chi connectivity index (χ1) is 6.57. The summed E-state index contributed by atoms with van der Waals surface area (Å²) in [5, 5.41) is 0. The summed E-state index contributed by atoms with van der Waals surface area (Å²) in [6.07, 6.45) is 5.04. The van der Waals surface area contributed by atoms with Gasteiger partial charge in [-0.2, -0.15) is 0 Å². The summed E-state index contributed by atoms with van der Waals surface area (Å²) in [5.41, 5.74) is 5.34. The highest BCUT2D eigenvalue weighted by Crippen LogP contribution is 2.21. The number of benzene rings is 1. The van der Waals surface area contributed by atoms with Crippen molar-refractivity contribution in [2.75, 3.05) is 0 Å². The van der Waals surface area contributed by atoms with Crippen LogP contribution in [-0.4, -0.2) is 0 Å². The fourth-order valence-corrected chi connectivity index (χ4v) is 1.06. The molecule has 0 aliphatic heterocycles. The van der Waals surface area contributed by atoms with E-state index in [1.165, 1.54) is 0 Å². The normalized spacial score (nSPS) is 12.2. The van der Waals surface area contributed by atoms with Crippen LogP contribution in [0.15, 0.2) is 12.1 Å². The van der Waals surface area contributed by atoms with Crippen LogP contribution in [0.1, 0.15) is 18.0 Å². The molecule has 0 amide bonds. The van der Waals surface area contributed by atoms with Crippen molar-refractivity contribution in [3.8, 4) is 12.3 Å². The van der Waals surface area contributed by atoms with Crippen LogP contribution in [0.4, 0.5) is 13.2 Å². The van der Waals surface area contributed by atoms with E-state index in [1.807, 2.05) is 0 Å². The van der Waals surface area contributed by atoms with Crippen LogP contribution >= 0.6 is 0 Å². The Morgan fingerprint density at radius 3 is 2.50 bits per heavy atom. The van der Waals surface area contributed by atoms with Crippen LogP contribution in [0.2, 0.25) is 0 Å². The fraction of sp³-hybridized carbons (Fsp3) is 0.200. The van der Waals surface area contributed by atoms with E-state index >= 15 is 0 Å². The minimum atomic E-state index is -1.52. The Bertz CT molecular complexity index is 382. The van der Waals surface area contributed by atoms with Crippen molar-refractivity contribution in [1.29, 1.82) is 0 Å². The first kappa shape index (κ1) is 10.6. The zero-order chi connectivity index (χ0) is 10.7. The lowest BCUT2D eigenvalue weighted by atomic mass is 10.0. The quantitative estimate of drug-likeness (QED) is 0.573. The van der Waals surface area contributed by atoms with Gasteiger partial charge in [0.25, 0.3) is 0 Å². The molecule has 0 aromatic heterocycles. The molecule has 0 aliphatic carbocycles. The molecule has 0 bridgehead atoms. The van der Waals surface area contributed by atoms with Gasteiger partial charge in [0.05, 0.1) is 0 Å². The van der Waals surface area contributed by atoms with Gasteiger partial charge in [-0.25, -0.2) is 13.2 Å². The maximum absolute atomic E-state index is 13.1. The average molecular weight is 199 g/mol. The second-order valence-corrected chi connectivity index (χ2v) is 2.78. The number of halogens is 3. The van der Waals surface area contributed by atoms with Crippen molar-refractivity contribution in [3.63, 3.8) is 0 Å². The third-order valence-electron chi connectivity index (χ3n) is 1.80. The van der Waals surface area contributed by atoms with E-state index in [0.29, 0.717) is 0 Å². The van der Waals surface area contributed by atoms with Gasteiger partial charge in [-0.3, -0.25) is 0 Å². The van der Waals surface area contributed by atoms with E-state index < -0.39 is 23.5 Å². The second-order valence-electron chi connectivity index (χ2n) is 2.78. The Balaban J connectivity index is 3.12. The summed E-state index contributed by atoms with van der Waals surface area (Å²) in [5.74, 6) is -1.81. The van der Waals surface area contributed by atoms with Gasteiger partial charge in [0.2, 0.25) is 0 Å². The smallest absolute Gasteiger partial charge is 0.194 e. The first-order valence-corrected chi connectivity index (χ1v) is 3.90. The molecule has 0 saturated heterocycles. The second kappa shape index (κ2) is 4.16. The van der Waals surface area contributed by atoms with Gasteiger partial charge >= 0.3 is 0 Å². The molecule has 1 unspecified atom stereocenters. The van der Waals surface area contributed by atoms with Gasteiger partial charge in [-0.05, 0) is 6.07 Å². The lowest BCUT2D eigenvalue weighted by molar-refractivity contribution is 0.436. The van der Waals surface area contributed by atoms with Crippen LogP contribution in [-0.2, 0) is 0 Å². The van der Waals surface area contributed by atoms with E-state index in [4.69, 9.17) is 12.2 Å². The van der Waals surface area contributed by atoms with Crippen LogP contribution in [0.5, 0.6) is 0 Å². The molecular formula is C10H8F3N. The number of terminal acetylenes is 1. The van der Waals surface area contributed by atoms with Crippen LogP contribution in [0.3, 0.4) is 0 Å². The fourth-order valence-electron chi connectivity index (χ4n) is 1.06. The summed E-state index contributed by atoms with van der Waals surface area (Å²) >= 11 is 0. The van der Waals surface area contributed by atoms with E-state index in [2.05, 4.69) is 5.92 Å². The van der Waals surface area contributed by atoms with Gasteiger partial charge in [-0.15, -0.1) is 12.3 Å². The predicted molar refractivity (Wildman–Crippen MR) is 46.7 cm³/mol. The van der Waals surface area contributed by atoms with Crippen LogP contribution in [0, 0.1) is 29.8 Å². The number of hydrogen-bond donors (Lipinski definition) is 1. The van der Waals surface area contributed by atoms with Crippen molar-refractivity contribution in [2.24, 2.45) is 5.73 Å². The summed E-state index contributed by atoms with van der Waals surface area (Å²) in [6, 6.07) is 1.11. The molecule has 0 aliphatic rings. The summed E-state index contributed by atoms with van der Waals surface area (Å²) < 4.78 is 38.3. The third-order valence-corrected chi connectivity index (χ3v) is 1.80. The average Bonchev–Trinajstić information content (AvgIpc) is 2.15. The molecule has 1 rings (SSSR count). The van der Waals surface area contributed by atoms with Crippen LogP contribution < -0.4 is 5.73 Å². The van der Waals surface area contributed by atoms with Crippen molar-refractivity contribution in [1.82, 2.24) is 0 Å². The number of hydrogen-bond acceptors (Lipinski definition) is 1. The Kier molecular flexibility index (Phi) is 3.15. The minimum absolute atomic E-state index is 0.0714. The topological polar surface area (TPSA) is 26.0 Å². The molecule has 0 heterocycles. The zero-order valence-corrected chi connectivity index (χ0v) is 7.23. The van der Waals surface area contributed by atoms with E-state index in [-0.39, 0.29) is 12.0 Å². The Labute approximate surface area is 79.7 Å².